The molecule has 1 aromatic carbocycles. The number of hydrogen-bond acceptors (Lipinski definition) is 2. The first-order valence-electron chi connectivity index (χ1n) is 10.2. The van der Waals surface area contributed by atoms with E-state index in [0.717, 1.165) is 42.6 Å². The van der Waals surface area contributed by atoms with Crippen molar-refractivity contribution < 1.29 is 4.79 Å². The van der Waals surface area contributed by atoms with E-state index in [0.29, 0.717) is 11.5 Å². The number of nitrogens with zero attached hydrogens (tertiary/aromatic N) is 1. The normalized spacial score (nSPS) is 19.3. The molecule has 1 fully saturated rings. The van der Waals surface area contributed by atoms with Crippen molar-refractivity contribution in [3.05, 3.63) is 35.5 Å². The maximum absolute atomic E-state index is 12.3. The summed E-state index contributed by atoms with van der Waals surface area (Å²) >= 11 is 0. The van der Waals surface area contributed by atoms with Gasteiger partial charge < -0.3 is 10.6 Å². The van der Waals surface area contributed by atoms with Gasteiger partial charge in [0, 0.05) is 28.6 Å². The maximum atomic E-state index is 12.3. The topological polar surface area (TPSA) is 69.8 Å². The molecule has 3 N–H and O–H groups in total. The van der Waals surface area contributed by atoms with Crippen LogP contribution in [0, 0.1) is 5.41 Å². The summed E-state index contributed by atoms with van der Waals surface area (Å²) in [6.45, 7) is 4.62. The number of carbonyl (C=O) groups excluding carboxylic acids is 1. The second-order valence-corrected chi connectivity index (χ2v) is 8.88. The first-order chi connectivity index (χ1) is 13.0. The third-order valence-electron chi connectivity index (χ3n) is 5.99. The molecule has 0 bridgehead atoms. The number of carbonyl (C=O) groups is 1. The molecule has 0 atom stereocenters. The maximum Gasteiger partial charge on any atom is 0.319 e. The average Bonchev–Trinajstić information content (AvgIpc) is 3.04. The monoisotopic (exact) mass is 366 g/mol. The van der Waals surface area contributed by atoms with Gasteiger partial charge in [-0.1, -0.05) is 45.2 Å². The van der Waals surface area contributed by atoms with E-state index in [-0.39, 0.29) is 6.03 Å². The highest BCUT2D eigenvalue weighted by atomic mass is 16.2. The Bertz CT molecular complexity index is 817. The standard InChI is InChI=1S/C22H30N4O/c1-22(2)12-11-18-19(14-22)25-26-20(18)15-7-6-10-17(13-15)24-21(27)23-16-8-4-3-5-9-16/h6-7,10,13,16H,3-5,8-9,11-12,14H2,1-2H3,(H,25,26)(H2,23,24,27). The molecule has 5 nitrogen and oxygen atoms in total. The molecule has 27 heavy (non-hydrogen) atoms. The van der Waals surface area contributed by atoms with Crippen LogP contribution < -0.4 is 10.6 Å². The SMILES string of the molecule is CC1(C)CCc2c(-c3cccc(NC(=O)NC4CCCCC4)c3)n[nH]c2C1. The van der Waals surface area contributed by atoms with Crippen LogP contribution in [-0.4, -0.2) is 22.3 Å². The molecule has 2 aliphatic carbocycles. The molecule has 1 aromatic heterocycles. The lowest BCUT2D eigenvalue weighted by Crippen LogP contribution is -2.39. The highest BCUT2D eigenvalue weighted by Gasteiger charge is 2.29. The summed E-state index contributed by atoms with van der Waals surface area (Å²) in [5, 5.41) is 13.9. The molecule has 2 amide bonds. The summed E-state index contributed by atoms with van der Waals surface area (Å²) in [5.74, 6) is 0. The molecule has 1 saturated carbocycles. The number of urea groups is 1. The lowest BCUT2D eigenvalue weighted by atomic mass is 9.76. The average molecular weight is 367 g/mol. The Morgan fingerprint density at radius 1 is 1.22 bits per heavy atom. The van der Waals surface area contributed by atoms with Crippen molar-refractivity contribution in [3.63, 3.8) is 0 Å². The highest BCUT2D eigenvalue weighted by Crippen LogP contribution is 2.38. The second kappa shape index (κ2) is 7.37. The Kier molecular flexibility index (Phi) is 4.94. The molecule has 0 spiro atoms. The lowest BCUT2D eigenvalue weighted by Gasteiger charge is -2.29. The minimum atomic E-state index is -0.107. The summed E-state index contributed by atoms with van der Waals surface area (Å²) < 4.78 is 0. The van der Waals surface area contributed by atoms with Gasteiger partial charge in [0.15, 0.2) is 0 Å². The molecule has 0 aliphatic heterocycles. The Balaban J connectivity index is 1.47. The van der Waals surface area contributed by atoms with Crippen LogP contribution in [0.1, 0.15) is 63.6 Å². The number of benzene rings is 1. The van der Waals surface area contributed by atoms with Gasteiger partial charge in [-0.15, -0.1) is 0 Å². The number of anilines is 1. The van der Waals surface area contributed by atoms with Gasteiger partial charge in [-0.2, -0.15) is 5.10 Å². The molecular formula is C22H30N4O. The van der Waals surface area contributed by atoms with E-state index < -0.39 is 0 Å². The van der Waals surface area contributed by atoms with Crippen LogP contribution in [0.2, 0.25) is 0 Å². The smallest absolute Gasteiger partial charge is 0.319 e. The first-order valence-corrected chi connectivity index (χ1v) is 10.2. The lowest BCUT2D eigenvalue weighted by molar-refractivity contribution is 0.244. The number of amides is 2. The number of aromatic amines is 1. The van der Waals surface area contributed by atoms with Crippen LogP contribution in [0.5, 0.6) is 0 Å². The van der Waals surface area contributed by atoms with Crippen molar-refractivity contribution in [2.75, 3.05) is 5.32 Å². The first kappa shape index (κ1) is 18.1. The molecule has 2 aliphatic rings. The van der Waals surface area contributed by atoms with Gasteiger partial charge in [0.1, 0.15) is 0 Å². The fourth-order valence-corrected chi connectivity index (χ4v) is 4.43. The highest BCUT2D eigenvalue weighted by molar-refractivity contribution is 5.90. The van der Waals surface area contributed by atoms with Gasteiger partial charge in [-0.3, -0.25) is 5.10 Å². The predicted octanol–water partition coefficient (Wildman–Crippen LogP) is 5.05. The van der Waals surface area contributed by atoms with Crippen molar-refractivity contribution >= 4 is 11.7 Å². The summed E-state index contributed by atoms with van der Waals surface area (Å²) in [7, 11) is 0. The van der Waals surface area contributed by atoms with E-state index in [1.807, 2.05) is 18.2 Å². The van der Waals surface area contributed by atoms with E-state index >= 15 is 0 Å². The zero-order valence-electron chi connectivity index (χ0n) is 16.4. The van der Waals surface area contributed by atoms with Crippen molar-refractivity contribution in [1.29, 1.82) is 0 Å². The van der Waals surface area contributed by atoms with Crippen LogP contribution in [0.25, 0.3) is 11.3 Å². The number of H-pyrrole nitrogens is 1. The fourth-order valence-electron chi connectivity index (χ4n) is 4.43. The van der Waals surface area contributed by atoms with Crippen molar-refractivity contribution in [2.45, 2.75) is 71.3 Å². The van der Waals surface area contributed by atoms with Gasteiger partial charge in [0.2, 0.25) is 0 Å². The van der Waals surface area contributed by atoms with Crippen molar-refractivity contribution in [2.24, 2.45) is 5.41 Å². The number of aromatic nitrogens is 2. The second-order valence-electron chi connectivity index (χ2n) is 8.88. The minimum absolute atomic E-state index is 0.107. The van der Waals surface area contributed by atoms with Crippen LogP contribution in [0.3, 0.4) is 0 Å². The Hall–Kier alpha value is -2.30. The molecule has 0 radical (unpaired) electrons. The summed E-state index contributed by atoms with van der Waals surface area (Å²) in [6.07, 6.45) is 9.14. The van der Waals surface area contributed by atoms with Crippen LogP contribution in [0.15, 0.2) is 24.3 Å². The predicted molar refractivity (Wildman–Crippen MR) is 109 cm³/mol. The number of hydrogen-bond donors (Lipinski definition) is 3. The van der Waals surface area contributed by atoms with Crippen LogP contribution >= 0.6 is 0 Å². The van der Waals surface area contributed by atoms with E-state index in [9.17, 15) is 4.79 Å². The number of nitrogens with one attached hydrogen (secondary N) is 3. The molecule has 5 heteroatoms. The summed E-state index contributed by atoms with van der Waals surface area (Å²) in [5.41, 5.74) is 5.82. The van der Waals surface area contributed by atoms with Gasteiger partial charge in [0.05, 0.1) is 5.69 Å². The largest absolute Gasteiger partial charge is 0.335 e. The number of rotatable bonds is 3. The molecular weight excluding hydrogens is 336 g/mol. The zero-order valence-corrected chi connectivity index (χ0v) is 16.4. The van der Waals surface area contributed by atoms with Crippen molar-refractivity contribution in [3.8, 4) is 11.3 Å². The van der Waals surface area contributed by atoms with Gasteiger partial charge in [-0.25, -0.2) is 4.79 Å². The summed E-state index contributed by atoms with van der Waals surface area (Å²) in [4.78, 5) is 12.3. The van der Waals surface area contributed by atoms with Crippen LogP contribution in [0.4, 0.5) is 10.5 Å². The zero-order chi connectivity index (χ0) is 18.9. The molecule has 2 aromatic rings. The quantitative estimate of drug-likeness (QED) is 0.712. The molecule has 0 unspecified atom stereocenters. The Morgan fingerprint density at radius 3 is 2.85 bits per heavy atom. The van der Waals surface area contributed by atoms with E-state index in [2.05, 4.69) is 40.7 Å². The van der Waals surface area contributed by atoms with E-state index in [1.165, 1.54) is 36.9 Å². The van der Waals surface area contributed by atoms with Gasteiger partial charge >= 0.3 is 6.03 Å². The molecule has 144 valence electrons. The van der Waals surface area contributed by atoms with Crippen molar-refractivity contribution in [1.82, 2.24) is 15.5 Å². The van der Waals surface area contributed by atoms with Gasteiger partial charge in [0.25, 0.3) is 0 Å². The Labute approximate surface area is 161 Å². The van der Waals surface area contributed by atoms with E-state index in [1.54, 1.807) is 0 Å². The molecule has 1 heterocycles. The number of fused-ring (bicyclic) bond motifs is 1. The van der Waals surface area contributed by atoms with Gasteiger partial charge in [-0.05, 0) is 49.7 Å². The van der Waals surface area contributed by atoms with E-state index in [4.69, 9.17) is 0 Å². The third kappa shape index (κ3) is 4.18. The fraction of sp³-hybridized carbons (Fsp3) is 0.545. The van der Waals surface area contributed by atoms with Crippen LogP contribution in [-0.2, 0) is 12.8 Å². The molecule has 0 saturated heterocycles. The summed E-state index contributed by atoms with van der Waals surface area (Å²) in [6, 6.07) is 8.22. The third-order valence-corrected chi connectivity index (χ3v) is 5.99. The Morgan fingerprint density at radius 2 is 2.04 bits per heavy atom. The minimum Gasteiger partial charge on any atom is -0.335 e. The molecule has 4 rings (SSSR count).